The number of hydrogen-bond donors (Lipinski definition) is 1. The summed E-state index contributed by atoms with van der Waals surface area (Å²) in [5, 5.41) is 7.41. The molecule has 2 heterocycles. The number of benzene rings is 1. The minimum atomic E-state index is 0. The summed E-state index contributed by atoms with van der Waals surface area (Å²) in [5.74, 6) is 0.941. The highest BCUT2D eigenvalue weighted by Gasteiger charge is 2.45. The van der Waals surface area contributed by atoms with Crippen LogP contribution in [0, 0.1) is 0 Å². The van der Waals surface area contributed by atoms with Crippen molar-refractivity contribution in [3.05, 3.63) is 47.9 Å². The average molecular weight is 452 g/mol. The molecule has 5 nitrogen and oxygen atoms in total. The molecule has 0 unspecified atom stereocenters. The summed E-state index contributed by atoms with van der Waals surface area (Å²) in [4.78, 5) is 7.17. The number of nitrogens with zero attached hydrogens (tertiary/aromatic N) is 3. The highest BCUT2D eigenvalue weighted by Crippen LogP contribution is 2.50. The molecule has 2 aliphatic rings. The number of halogens is 1. The van der Waals surface area contributed by atoms with E-state index in [9.17, 15) is 0 Å². The fraction of sp³-hybridized carbons (Fsp3) is 0.474. The lowest BCUT2D eigenvalue weighted by Crippen LogP contribution is -2.43. The van der Waals surface area contributed by atoms with Gasteiger partial charge in [0.15, 0.2) is 5.96 Å². The Morgan fingerprint density at radius 1 is 1.28 bits per heavy atom. The zero-order valence-corrected chi connectivity index (χ0v) is 16.9. The first-order valence-electron chi connectivity index (χ1n) is 8.87. The summed E-state index contributed by atoms with van der Waals surface area (Å²) in [5.41, 5.74) is 3.96. The second-order valence-electron chi connectivity index (χ2n) is 6.75. The molecule has 1 aliphatic heterocycles. The molecular weight excluding hydrogens is 427 g/mol. The first-order chi connectivity index (χ1) is 11.8. The number of nitrogens with one attached hydrogen (secondary N) is 1. The van der Waals surface area contributed by atoms with E-state index < -0.39 is 0 Å². The Morgan fingerprint density at radius 3 is 2.80 bits per heavy atom. The summed E-state index contributed by atoms with van der Waals surface area (Å²) >= 11 is 0. The van der Waals surface area contributed by atoms with Gasteiger partial charge in [0.05, 0.1) is 6.54 Å². The van der Waals surface area contributed by atoms with E-state index >= 15 is 0 Å². The van der Waals surface area contributed by atoms with Gasteiger partial charge in [0.2, 0.25) is 0 Å². The predicted octanol–water partition coefficient (Wildman–Crippen LogP) is 4.09. The third-order valence-electron chi connectivity index (χ3n) is 5.26. The number of hydrogen-bond acceptors (Lipinski definition) is 3. The maximum Gasteiger partial charge on any atom is 0.198 e. The first kappa shape index (κ1) is 18.2. The Balaban J connectivity index is 0.00000182. The third kappa shape index (κ3) is 3.41. The van der Waals surface area contributed by atoms with Crippen molar-refractivity contribution >= 4 is 35.6 Å². The molecule has 0 atom stereocenters. The summed E-state index contributed by atoms with van der Waals surface area (Å²) in [6.07, 6.45) is 6.81. The smallest absolute Gasteiger partial charge is 0.198 e. The van der Waals surface area contributed by atoms with Crippen LogP contribution in [-0.4, -0.2) is 24.2 Å². The summed E-state index contributed by atoms with van der Waals surface area (Å²) in [6, 6.07) is 10.7. The number of anilines is 1. The van der Waals surface area contributed by atoms with Gasteiger partial charge in [0, 0.05) is 30.3 Å². The lowest BCUT2D eigenvalue weighted by atomic mass is 9.81. The van der Waals surface area contributed by atoms with Gasteiger partial charge >= 0.3 is 0 Å². The average Bonchev–Trinajstić information content (AvgIpc) is 3.34. The van der Waals surface area contributed by atoms with Crippen molar-refractivity contribution in [1.29, 1.82) is 0 Å². The van der Waals surface area contributed by atoms with Crippen LogP contribution in [0.25, 0.3) is 0 Å². The van der Waals surface area contributed by atoms with Crippen molar-refractivity contribution in [3.63, 3.8) is 0 Å². The van der Waals surface area contributed by atoms with Crippen LogP contribution >= 0.6 is 24.0 Å². The second-order valence-corrected chi connectivity index (χ2v) is 6.75. The highest BCUT2D eigenvalue weighted by molar-refractivity contribution is 14.0. The molecule has 1 spiro atoms. The fourth-order valence-corrected chi connectivity index (χ4v) is 4.17. The molecule has 0 amide bonds. The van der Waals surface area contributed by atoms with Crippen LogP contribution in [0.15, 0.2) is 46.1 Å². The van der Waals surface area contributed by atoms with Gasteiger partial charge in [-0.25, -0.2) is 4.99 Å². The lowest BCUT2D eigenvalue weighted by molar-refractivity contribution is 0.412. The highest BCUT2D eigenvalue weighted by atomic mass is 127. The van der Waals surface area contributed by atoms with Gasteiger partial charge in [-0.3, -0.25) is 0 Å². The van der Waals surface area contributed by atoms with Crippen LogP contribution < -0.4 is 10.2 Å². The molecule has 25 heavy (non-hydrogen) atoms. The molecule has 0 bridgehead atoms. The quantitative estimate of drug-likeness (QED) is 0.433. The monoisotopic (exact) mass is 452 g/mol. The van der Waals surface area contributed by atoms with Gasteiger partial charge in [-0.15, -0.1) is 24.0 Å². The van der Waals surface area contributed by atoms with Gasteiger partial charge in [-0.2, -0.15) is 0 Å². The zero-order valence-electron chi connectivity index (χ0n) is 14.6. The Hall–Kier alpha value is -1.57. The fourth-order valence-electron chi connectivity index (χ4n) is 4.17. The minimum Gasteiger partial charge on any atom is -0.364 e. The molecule has 1 fully saturated rings. The topological polar surface area (TPSA) is 53.7 Å². The number of fused-ring (bicyclic) bond motifs is 2. The number of guanidine groups is 1. The van der Waals surface area contributed by atoms with Crippen molar-refractivity contribution in [1.82, 2.24) is 10.5 Å². The summed E-state index contributed by atoms with van der Waals surface area (Å²) in [7, 11) is 0. The Kier molecular flexibility index (Phi) is 5.66. The lowest BCUT2D eigenvalue weighted by Gasteiger charge is -2.26. The predicted molar refractivity (Wildman–Crippen MR) is 111 cm³/mol. The van der Waals surface area contributed by atoms with E-state index in [1.165, 1.54) is 36.9 Å². The molecule has 1 N–H and O–H groups in total. The third-order valence-corrected chi connectivity index (χ3v) is 5.26. The van der Waals surface area contributed by atoms with Gasteiger partial charge in [0.1, 0.15) is 12.0 Å². The summed E-state index contributed by atoms with van der Waals surface area (Å²) in [6.45, 7) is 4.52. The van der Waals surface area contributed by atoms with Crippen molar-refractivity contribution in [3.8, 4) is 0 Å². The van der Waals surface area contributed by atoms with Crippen molar-refractivity contribution in [2.75, 3.05) is 18.0 Å². The van der Waals surface area contributed by atoms with E-state index in [0.29, 0.717) is 12.0 Å². The van der Waals surface area contributed by atoms with Crippen LogP contribution in [0.1, 0.15) is 43.9 Å². The largest absolute Gasteiger partial charge is 0.364 e. The second kappa shape index (κ2) is 7.76. The number of aromatic nitrogens is 1. The number of rotatable bonds is 3. The zero-order chi connectivity index (χ0) is 16.4. The Labute approximate surface area is 165 Å². The summed E-state index contributed by atoms with van der Waals surface area (Å²) < 4.78 is 4.91. The maximum absolute atomic E-state index is 4.91. The van der Waals surface area contributed by atoms with Gasteiger partial charge in [-0.1, -0.05) is 36.2 Å². The number of para-hydroxylation sites is 1. The first-order valence-corrected chi connectivity index (χ1v) is 8.87. The van der Waals surface area contributed by atoms with Gasteiger partial charge in [0.25, 0.3) is 0 Å². The van der Waals surface area contributed by atoms with Crippen molar-refractivity contribution < 1.29 is 4.52 Å². The maximum atomic E-state index is 4.91. The standard InChI is InChI=1S/C19H24N4O.HI/c1-2-20-18(21-13-15-9-12-24-22-15)23-14-19(10-5-6-11-19)16-7-3-4-8-17(16)23;/h3-4,7-9,12H,2,5-6,10-11,13-14H2,1H3,(H,20,21);1H. The molecule has 1 aromatic heterocycles. The van der Waals surface area contributed by atoms with Gasteiger partial charge in [-0.05, 0) is 31.4 Å². The van der Waals surface area contributed by atoms with E-state index in [1.807, 2.05) is 6.07 Å². The van der Waals surface area contributed by atoms with Crippen LogP contribution in [0.4, 0.5) is 5.69 Å². The Bertz CT molecular complexity index is 723. The molecule has 2 aromatic rings. The molecule has 1 saturated carbocycles. The minimum absolute atomic E-state index is 0. The molecule has 4 rings (SSSR count). The molecular formula is C19H25IN4O. The van der Waals surface area contributed by atoms with Crippen LogP contribution in [0.2, 0.25) is 0 Å². The molecule has 1 aliphatic carbocycles. The van der Waals surface area contributed by atoms with Gasteiger partial charge < -0.3 is 14.7 Å². The molecule has 0 radical (unpaired) electrons. The van der Waals surface area contributed by atoms with E-state index in [0.717, 1.165) is 24.7 Å². The van der Waals surface area contributed by atoms with E-state index in [-0.39, 0.29) is 24.0 Å². The van der Waals surface area contributed by atoms with E-state index in [1.54, 1.807) is 6.26 Å². The van der Waals surface area contributed by atoms with Crippen molar-refractivity contribution in [2.45, 2.75) is 44.6 Å². The molecule has 1 aromatic carbocycles. The van der Waals surface area contributed by atoms with Crippen LogP contribution in [0.5, 0.6) is 0 Å². The normalized spacial score (nSPS) is 18.3. The SMILES string of the molecule is CCNC(=NCc1ccon1)N1CC2(CCCC2)c2ccccc21.I. The van der Waals surface area contributed by atoms with E-state index in [2.05, 4.69) is 46.6 Å². The molecule has 134 valence electrons. The van der Waals surface area contributed by atoms with Crippen LogP contribution in [0.3, 0.4) is 0 Å². The molecule has 6 heteroatoms. The Morgan fingerprint density at radius 2 is 2.08 bits per heavy atom. The number of aliphatic imine (C=N–C) groups is 1. The van der Waals surface area contributed by atoms with Crippen molar-refractivity contribution in [2.24, 2.45) is 4.99 Å². The van der Waals surface area contributed by atoms with E-state index in [4.69, 9.17) is 9.52 Å². The molecule has 0 saturated heterocycles. The van der Waals surface area contributed by atoms with Crippen LogP contribution in [-0.2, 0) is 12.0 Å².